The summed E-state index contributed by atoms with van der Waals surface area (Å²) in [5.74, 6) is -1.05. The lowest BCUT2D eigenvalue weighted by molar-refractivity contribution is 0.0691. The number of rotatable bonds is 4. The average molecular weight is 277 g/mol. The first-order valence-corrected chi connectivity index (χ1v) is 6.16. The predicted molar refractivity (Wildman–Crippen MR) is 74.7 cm³/mol. The van der Waals surface area contributed by atoms with Crippen molar-refractivity contribution in [2.75, 3.05) is 5.32 Å². The van der Waals surface area contributed by atoms with Gasteiger partial charge in [0, 0.05) is 17.3 Å². The molecule has 4 nitrogen and oxygen atoms in total. The second-order valence-corrected chi connectivity index (χ2v) is 4.56. The Bertz CT molecular complexity index is 602. The minimum atomic E-state index is -1.05. The molecule has 5 heteroatoms. The van der Waals surface area contributed by atoms with Gasteiger partial charge in [-0.05, 0) is 36.8 Å². The van der Waals surface area contributed by atoms with Gasteiger partial charge < -0.3 is 10.4 Å². The Hall–Kier alpha value is -2.07. The first kappa shape index (κ1) is 13.4. The van der Waals surface area contributed by atoms with Gasteiger partial charge in [-0.3, -0.25) is 0 Å². The van der Waals surface area contributed by atoms with Gasteiger partial charge in [-0.1, -0.05) is 23.7 Å². The van der Waals surface area contributed by atoms with Crippen molar-refractivity contribution in [3.8, 4) is 0 Å². The molecule has 1 aromatic carbocycles. The van der Waals surface area contributed by atoms with E-state index in [2.05, 4.69) is 10.3 Å². The van der Waals surface area contributed by atoms with E-state index in [4.69, 9.17) is 16.7 Å². The van der Waals surface area contributed by atoms with Crippen molar-refractivity contribution >= 4 is 23.3 Å². The highest BCUT2D eigenvalue weighted by molar-refractivity contribution is 6.30. The van der Waals surface area contributed by atoms with Crippen LogP contribution < -0.4 is 5.32 Å². The van der Waals surface area contributed by atoms with Crippen LogP contribution in [-0.4, -0.2) is 16.1 Å². The van der Waals surface area contributed by atoms with Crippen molar-refractivity contribution in [1.82, 2.24) is 4.98 Å². The predicted octanol–water partition coefficient (Wildman–Crippen LogP) is 3.61. The van der Waals surface area contributed by atoms with Gasteiger partial charge in [0.05, 0.1) is 5.69 Å². The second kappa shape index (κ2) is 5.71. The molecule has 1 unspecified atom stereocenters. The highest BCUT2D eigenvalue weighted by Gasteiger charge is 2.13. The fraction of sp³-hybridized carbons (Fsp3) is 0.143. The smallest absolute Gasteiger partial charge is 0.356 e. The number of nitrogens with one attached hydrogen (secondary N) is 1. The minimum Gasteiger partial charge on any atom is -0.476 e. The summed E-state index contributed by atoms with van der Waals surface area (Å²) in [5, 5.41) is 12.9. The monoisotopic (exact) mass is 276 g/mol. The van der Waals surface area contributed by atoms with Gasteiger partial charge in [0.25, 0.3) is 0 Å². The number of hydrogen-bond donors (Lipinski definition) is 2. The Morgan fingerprint density at radius 1 is 1.37 bits per heavy atom. The van der Waals surface area contributed by atoms with E-state index >= 15 is 0 Å². The molecule has 1 aromatic heterocycles. The molecule has 0 saturated heterocycles. The summed E-state index contributed by atoms with van der Waals surface area (Å²) >= 11 is 5.94. The molecule has 0 amide bonds. The lowest BCUT2D eigenvalue weighted by Crippen LogP contribution is -2.11. The Morgan fingerprint density at radius 2 is 2.16 bits per heavy atom. The Kier molecular flexibility index (Phi) is 4.02. The van der Waals surface area contributed by atoms with Gasteiger partial charge in [0.2, 0.25) is 0 Å². The van der Waals surface area contributed by atoms with Crippen LogP contribution in [0.3, 0.4) is 0 Å². The van der Waals surface area contributed by atoms with Crippen molar-refractivity contribution in [2.45, 2.75) is 13.0 Å². The molecule has 1 heterocycles. The van der Waals surface area contributed by atoms with Crippen molar-refractivity contribution in [2.24, 2.45) is 0 Å². The van der Waals surface area contributed by atoms with Crippen LogP contribution in [0.2, 0.25) is 5.02 Å². The summed E-state index contributed by atoms with van der Waals surface area (Å²) in [4.78, 5) is 14.9. The molecular formula is C14H13ClN2O2. The largest absolute Gasteiger partial charge is 0.476 e. The van der Waals surface area contributed by atoms with E-state index in [0.717, 1.165) is 5.56 Å². The quantitative estimate of drug-likeness (QED) is 0.895. The summed E-state index contributed by atoms with van der Waals surface area (Å²) in [7, 11) is 0. The zero-order valence-corrected chi connectivity index (χ0v) is 11.1. The first-order chi connectivity index (χ1) is 9.08. The maximum Gasteiger partial charge on any atom is 0.356 e. The molecule has 0 aliphatic carbocycles. The standard InChI is InChI=1S/C14H13ClN2O2/c1-9(10-4-2-5-11(15)8-10)17-12-6-3-7-16-13(12)14(18)19/h2-9,17H,1H3,(H,18,19). The lowest BCUT2D eigenvalue weighted by Gasteiger charge is -2.17. The number of pyridine rings is 1. The van der Waals surface area contributed by atoms with Crippen molar-refractivity contribution in [3.05, 3.63) is 58.9 Å². The van der Waals surface area contributed by atoms with E-state index in [1.165, 1.54) is 6.20 Å². The summed E-state index contributed by atoms with van der Waals surface area (Å²) in [6, 6.07) is 10.7. The molecule has 0 bridgehead atoms. The third-order valence-electron chi connectivity index (χ3n) is 2.73. The molecule has 2 rings (SSSR count). The van der Waals surface area contributed by atoms with Crippen LogP contribution in [0, 0.1) is 0 Å². The molecule has 98 valence electrons. The number of aromatic carboxylic acids is 1. The summed E-state index contributed by atoms with van der Waals surface area (Å²) in [5.41, 5.74) is 1.48. The zero-order chi connectivity index (χ0) is 13.8. The number of hydrogen-bond acceptors (Lipinski definition) is 3. The van der Waals surface area contributed by atoms with Gasteiger partial charge in [-0.15, -0.1) is 0 Å². The minimum absolute atomic E-state index is 0.0105. The van der Waals surface area contributed by atoms with Gasteiger partial charge >= 0.3 is 5.97 Å². The molecule has 19 heavy (non-hydrogen) atoms. The normalized spacial score (nSPS) is 11.9. The average Bonchev–Trinajstić information content (AvgIpc) is 2.39. The molecule has 0 aliphatic rings. The Balaban J connectivity index is 2.24. The highest BCUT2D eigenvalue weighted by Crippen LogP contribution is 2.23. The Morgan fingerprint density at radius 3 is 2.84 bits per heavy atom. The number of nitrogens with zero attached hydrogens (tertiary/aromatic N) is 1. The van der Waals surface area contributed by atoms with Crippen LogP contribution in [0.5, 0.6) is 0 Å². The van der Waals surface area contributed by atoms with Crippen LogP contribution in [0.25, 0.3) is 0 Å². The van der Waals surface area contributed by atoms with E-state index < -0.39 is 5.97 Å². The number of carboxylic acid groups (broad SMARTS) is 1. The van der Waals surface area contributed by atoms with Crippen molar-refractivity contribution in [1.29, 1.82) is 0 Å². The van der Waals surface area contributed by atoms with Gasteiger partial charge in [-0.2, -0.15) is 0 Å². The summed E-state index contributed by atoms with van der Waals surface area (Å²) in [6.45, 7) is 1.93. The number of halogens is 1. The summed E-state index contributed by atoms with van der Waals surface area (Å²) < 4.78 is 0. The van der Waals surface area contributed by atoms with E-state index in [1.807, 2.05) is 25.1 Å². The molecule has 1 atom stereocenters. The van der Waals surface area contributed by atoms with Crippen LogP contribution in [0.4, 0.5) is 5.69 Å². The number of benzene rings is 1. The molecule has 0 fully saturated rings. The Labute approximate surface area is 116 Å². The van der Waals surface area contributed by atoms with Gasteiger partial charge in [0.1, 0.15) is 0 Å². The maximum atomic E-state index is 11.1. The number of anilines is 1. The molecular weight excluding hydrogens is 264 g/mol. The topological polar surface area (TPSA) is 62.2 Å². The van der Waals surface area contributed by atoms with Gasteiger partial charge in [-0.25, -0.2) is 9.78 Å². The van der Waals surface area contributed by atoms with Crippen LogP contribution in [0.1, 0.15) is 29.0 Å². The number of aromatic nitrogens is 1. The lowest BCUT2D eigenvalue weighted by atomic mass is 10.1. The fourth-order valence-electron chi connectivity index (χ4n) is 1.78. The van der Waals surface area contributed by atoms with E-state index in [9.17, 15) is 4.79 Å². The maximum absolute atomic E-state index is 11.1. The third-order valence-corrected chi connectivity index (χ3v) is 2.97. The first-order valence-electron chi connectivity index (χ1n) is 5.78. The number of carbonyl (C=O) groups is 1. The fourth-order valence-corrected chi connectivity index (χ4v) is 1.98. The molecule has 0 saturated carbocycles. The van der Waals surface area contributed by atoms with E-state index in [-0.39, 0.29) is 11.7 Å². The zero-order valence-electron chi connectivity index (χ0n) is 10.3. The van der Waals surface area contributed by atoms with Crippen LogP contribution >= 0.6 is 11.6 Å². The SMILES string of the molecule is CC(Nc1cccnc1C(=O)O)c1cccc(Cl)c1. The third kappa shape index (κ3) is 3.23. The van der Waals surface area contributed by atoms with E-state index in [0.29, 0.717) is 10.7 Å². The van der Waals surface area contributed by atoms with Crippen LogP contribution in [-0.2, 0) is 0 Å². The second-order valence-electron chi connectivity index (χ2n) is 4.13. The molecule has 0 radical (unpaired) electrons. The molecule has 2 aromatic rings. The molecule has 2 N–H and O–H groups in total. The highest BCUT2D eigenvalue weighted by atomic mass is 35.5. The van der Waals surface area contributed by atoms with Gasteiger partial charge in [0.15, 0.2) is 5.69 Å². The number of carboxylic acids is 1. The van der Waals surface area contributed by atoms with E-state index in [1.54, 1.807) is 18.2 Å². The van der Waals surface area contributed by atoms with Crippen molar-refractivity contribution < 1.29 is 9.90 Å². The van der Waals surface area contributed by atoms with Crippen LogP contribution in [0.15, 0.2) is 42.6 Å². The molecule has 0 aliphatic heterocycles. The summed E-state index contributed by atoms with van der Waals surface area (Å²) in [6.07, 6.45) is 1.46. The molecule has 0 spiro atoms. The van der Waals surface area contributed by atoms with Crippen molar-refractivity contribution in [3.63, 3.8) is 0 Å².